The minimum Gasteiger partial charge on any atom is -0.497 e. The first-order valence-electron chi connectivity index (χ1n) is 9.20. The lowest BCUT2D eigenvalue weighted by Gasteiger charge is -2.20. The molecule has 2 heterocycles. The molecule has 0 unspecified atom stereocenters. The zero-order valence-corrected chi connectivity index (χ0v) is 16.6. The molecule has 0 saturated heterocycles. The van der Waals surface area contributed by atoms with E-state index in [2.05, 4.69) is 15.5 Å². The van der Waals surface area contributed by atoms with E-state index in [0.717, 1.165) is 45.5 Å². The summed E-state index contributed by atoms with van der Waals surface area (Å²) in [6.45, 7) is 1.96. The molecule has 0 atom stereocenters. The van der Waals surface area contributed by atoms with Gasteiger partial charge in [-0.2, -0.15) is 4.98 Å². The maximum atomic E-state index is 12.3. The number of benzene rings is 1. The lowest BCUT2D eigenvalue weighted by Crippen LogP contribution is -2.08. The van der Waals surface area contributed by atoms with Crippen molar-refractivity contribution in [1.82, 2.24) is 10.1 Å². The minimum absolute atomic E-state index is 0.188. The van der Waals surface area contributed by atoms with Gasteiger partial charge in [-0.1, -0.05) is 23.7 Å². The fourth-order valence-corrected chi connectivity index (χ4v) is 3.83. The third-order valence-electron chi connectivity index (χ3n) is 4.84. The van der Waals surface area contributed by atoms with Crippen LogP contribution < -0.4 is 10.1 Å². The second-order valence-corrected chi connectivity index (χ2v) is 8.02. The van der Waals surface area contributed by atoms with E-state index in [9.17, 15) is 4.79 Å². The Bertz CT molecular complexity index is 1000. The number of thiophene rings is 1. The normalized spacial score (nSPS) is 14.2. The number of amides is 1. The molecule has 4 rings (SSSR count). The van der Waals surface area contributed by atoms with Crippen LogP contribution in [0, 0.1) is 6.92 Å². The molecule has 1 amide bonds. The molecule has 1 N–H and O–H groups in total. The van der Waals surface area contributed by atoms with Crippen LogP contribution in [0.1, 0.15) is 41.5 Å². The van der Waals surface area contributed by atoms with E-state index >= 15 is 0 Å². The highest BCUT2D eigenvalue weighted by atomic mass is 32.1. The van der Waals surface area contributed by atoms with E-state index in [1.165, 1.54) is 12.5 Å². The van der Waals surface area contributed by atoms with Crippen molar-refractivity contribution in [3.05, 3.63) is 52.7 Å². The van der Waals surface area contributed by atoms with Gasteiger partial charge in [-0.15, -0.1) is 11.3 Å². The summed E-state index contributed by atoms with van der Waals surface area (Å²) >= 11 is 1.54. The van der Waals surface area contributed by atoms with Gasteiger partial charge in [0.05, 0.1) is 17.7 Å². The molecular formula is C21H21N3O3S. The van der Waals surface area contributed by atoms with Gasteiger partial charge in [0.15, 0.2) is 0 Å². The zero-order valence-electron chi connectivity index (χ0n) is 15.8. The average molecular weight is 395 g/mol. The molecule has 1 saturated carbocycles. The Hall–Kier alpha value is -2.93. The first-order chi connectivity index (χ1) is 13.6. The molecule has 1 aliphatic carbocycles. The average Bonchev–Trinajstić information content (AvgIpc) is 3.26. The molecule has 0 aliphatic heterocycles. The number of rotatable bonds is 6. The number of carbonyl (C=O) groups is 1. The summed E-state index contributed by atoms with van der Waals surface area (Å²) in [5, 5.41) is 7.02. The SMILES string of the molecule is COc1ccc(C=CC(=O)Nc2cc(-c3noc(C4CCC4)n3)sc2C)cc1. The van der Waals surface area contributed by atoms with Gasteiger partial charge in [0.2, 0.25) is 17.6 Å². The fraction of sp³-hybridized carbons (Fsp3) is 0.286. The predicted octanol–water partition coefficient (Wildman–Crippen LogP) is 5.03. The molecule has 2 aromatic heterocycles. The van der Waals surface area contributed by atoms with E-state index in [4.69, 9.17) is 9.26 Å². The van der Waals surface area contributed by atoms with E-state index < -0.39 is 0 Å². The molecule has 1 fully saturated rings. The van der Waals surface area contributed by atoms with Crippen LogP contribution in [-0.4, -0.2) is 23.2 Å². The Morgan fingerprint density at radius 3 is 2.79 bits per heavy atom. The van der Waals surface area contributed by atoms with Crippen molar-refractivity contribution in [2.24, 2.45) is 0 Å². The van der Waals surface area contributed by atoms with Crippen molar-refractivity contribution < 1.29 is 14.1 Å². The van der Waals surface area contributed by atoms with Crippen LogP contribution >= 0.6 is 11.3 Å². The Morgan fingerprint density at radius 2 is 2.11 bits per heavy atom. The number of ether oxygens (including phenoxy) is 1. The van der Waals surface area contributed by atoms with Gasteiger partial charge < -0.3 is 14.6 Å². The van der Waals surface area contributed by atoms with E-state index in [1.807, 2.05) is 37.3 Å². The molecule has 6 nitrogen and oxygen atoms in total. The summed E-state index contributed by atoms with van der Waals surface area (Å²) in [7, 11) is 1.62. The van der Waals surface area contributed by atoms with Gasteiger partial charge in [-0.3, -0.25) is 4.79 Å². The molecule has 28 heavy (non-hydrogen) atoms. The van der Waals surface area contributed by atoms with Crippen molar-refractivity contribution in [2.75, 3.05) is 12.4 Å². The number of aromatic nitrogens is 2. The summed E-state index contributed by atoms with van der Waals surface area (Å²) in [5.74, 6) is 2.31. The van der Waals surface area contributed by atoms with Gasteiger partial charge in [0, 0.05) is 16.9 Å². The van der Waals surface area contributed by atoms with Crippen LogP contribution in [0.2, 0.25) is 0 Å². The highest BCUT2D eigenvalue weighted by Gasteiger charge is 2.26. The smallest absolute Gasteiger partial charge is 0.248 e. The highest BCUT2D eigenvalue weighted by molar-refractivity contribution is 7.16. The van der Waals surface area contributed by atoms with Crippen LogP contribution in [0.3, 0.4) is 0 Å². The lowest BCUT2D eigenvalue weighted by molar-refractivity contribution is -0.111. The van der Waals surface area contributed by atoms with Crippen molar-refractivity contribution in [3.63, 3.8) is 0 Å². The topological polar surface area (TPSA) is 77.2 Å². The molecule has 0 radical (unpaired) electrons. The van der Waals surface area contributed by atoms with Crippen molar-refractivity contribution in [3.8, 4) is 16.5 Å². The molecular weight excluding hydrogens is 374 g/mol. The largest absolute Gasteiger partial charge is 0.497 e. The van der Waals surface area contributed by atoms with Gasteiger partial charge in [0.25, 0.3) is 0 Å². The number of anilines is 1. The fourth-order valence-electron chi connectivity index (χ4n) is 2.93. The first-order valence-corrected chi connectivity index (χ1v) is 10.0. The van der Waals surface area contributed by atoms with E-state index in [-0.39, 0.29) is 5.91 Å². The quantitative estimate of drug-likeness (QED) is 0.592. The zero-order chi connectivity index (χ0) is 19.5. The Morgan fingerprint density at radius 1 is 1.32 bits per heavy atom. The number of methoxy groups -OCH3 is 1. The molecule has 144 valence electrons. The predicted molar refractivity (Wildman–Crippen MR) is 110 cm³/mol. The number of nitrogens with one attached hydrogen (secondary N) is 1. The number of hydrogen-bond donors (Lipinski definition) is 1. The van der Waals surface area contributed by atoms with Crippen LogP contribution in [0.5, 0.6) is 5.75 Å². The Labute approximate surface area is 167 Å². The molecule has 0 bridgehead atoms. The van der Waals surface area contributed by atoms with Gasteiger partial charge >= 0.3 is 0 Å². The summed E-state index contributed by atoms with van der Waals surface area (Å²) < 4.78 is 10.5. The van der Waals surface area contributed by atoms with Gasteiger partial charge in [0.1, 0.15) is 5.75 Å². The van der Waals surface area contributed by atoms with Crippen LogP contribution in [0.25, 0.3) is 16.8 Å². The summed E-state index contributed by atoms with van der Waals surface area (Å²) in [4.78, 5) is 18.7. The maximum absolute atomic E-state index is 12.3. The standard InChI is InChI=1S/C21H21N3O3S/c1-13-17(22-19(25)11-8-14-6-9-16(26-2)10-7-14)12-18(28-13)20-23-21(27-24-20)15-4-3-5-15/h6-12,15H,3-5H2,1-2H3,(H,22,25). The Kier molecular flexibility index (Phi) is 5.25. The van der Waals surface area contributed by atoms with E-state index in [1.54, 1.807) is 24.5 Å². The summed E-state index contributed by atoms with van der Waals surface area (Å²) in [6.07, 6.45) is 6.74. The summed E-state index contributed by atoms with van der Waals surface area (Å²) in [6, 6.07) is 9.40. The minimum atomic E-state index is -0.188. The van der Waals surface area contributed by atoms with Crippen molar-refractivity contribution in [2.45, 2.75) is 32.1 Å². The first kappa shape index (κ1) is 18.4. The molecule has 0 spiro atoms. The third kappa shape index (κ3) is 3.99. The van der Waals surface area contributed by atoms with Crippen molar-refractivity contribution >= 4 is 29.0 Å². The van der Waals surface area contributed by atoms with E-state index in [0.29, 0.717) is 11.7 Å². The third-order valence-corrected chi connectivity index (χ3v) is 5.88. The molecule has 1 aliphatic rings. The second kappa shape index (κ2) is 7.98. The molecule has 1 aromatic carbocycles. The maximum Gasteiger partial charge on any atom is 0.248 e. The van der Waals surface area contributed by atoms with Gasteiger partial charge in [-0.25, -0.2) is 0 Å². The number of nitrogens with zero attached hydrogens (tertiary/aromatic N) is 2. The number of carbonyl (C=O) groups excluding carboxylic acids is 1. The van der Waals surface area contributed by atoms with Crippen molar-refractivity contribution in [1.29, 1.82) is 0 Å². The lowest BCUT2D eigenvalue weighted by atomic mass is 9.85. The Balaban J connectivity index is 1.42. The molecule has 3 aromatic rings. The van der Waals surface area contributed by atoms with Gasteiger partial charge in [-0.05, 0) is 49.6 Å². The van der Waals surface area contributed by atoms with Crippen LogP contribution in [0.15, 0.2) is 40.9 Å². The number of aryl methyl sites for hydroxylation is 1. The highest BCUT2D eigenvalue weighted by Crippen LogP contribution is 2.38. The molecule has 7 heteroatoms. The summed E-state index contributed by atoms with van der Waals surface area (Å²) in [5.41, 5.74) is 1.69. The number of hydrogen-bond acceptors (Lipinski definition) is 6. The van der Waals surface area contributed by atoms with Crippen LogP contribution in [-0.2, 0) is 4.79 Å². The van der Waals surface area contributed by atoms with Crippen LogP contribution in [0.4, 0.5) is 5.69 Å². The monoisotopic (exact) mass is 395 g/mol. The second-order valence-electron chi connectivity index (χ2n) is 6.76.